The zero-order valence-corrected chi connectivity index (χ0v) is 15.7. The van der Waals surface area contributed by atoms with Gasteiger partial charge in [0.05, 0.1) is 19.9 Å². The average Bonchev–Trinajstić information content (AvgIpc) is 2.71. The molecule has 0 spiro atoms. The summed E-state index contributed by atoms with van der Waals surface area (Å²) in [7, 11) is 1.64. The van der Waals surface area contributed by atoms with Crippen molar-refractivity contribution < 1.29 is 9.47 Å². The molecule has 0 aliphatic rings. The molecular weight excluding hydrogens is 336 g/mol. The van der Waals surface area contributed by atoms with Gasteiger partial charge in [0.1, 0.15) is 6.61 Å². The van der Waals surface area contributed by atoms with E-state index in [0.29, 0.717) is 24.7 Å². The molecule has 27 heavy (non-hydrogen) atoms. The maximum atomic E-state index is 5.96. The van der Waals surface area contributed by atoms with Gasteiger partial charge in [0.2, 0.25) is 0 Å². The number of aryl methyl sites for hydroxylation is 1. The molecule has 1 N–H and O–H groups in total. The highest BCUT2D eigenvalue weighted by atomic mass is 16.5. The second-order valence-corrected chi connectivity index (χ2v) is 6.26. The summed E-state index contributed by atoms with van der Waals surface area (Å²) in [4.78, 5) is 0. The number of ether oxygens (including phenoxy) is 2. The summed E-state index contributed by atoms with van der Waals surface area (Å²) < 4.78 is 11.4. The van der Waals surface area contributed by atoms with Crippen LogP contribution in [0.1, 0.15) is 22.3 Å². The molecule has 0 aliphatic carbocycles. The van der Waals surface area contributed by atoms with Gasteiger partial charge in [-0.2, -0.15) is 5.10 Å². The molecule has 4 nitrogen and oxygen atoms in total. The molecule has 0 amide bonds. The molecule has 0 fully saturated rings. The summed E-state index contributed by atoms with van der Waals surface area (Å²) in [6, 6.07) is 24.2. The summed E-state index contributed by atoms with van der Waals surface area (Å²) >= 11 is 0. The lowest BCUT2D eigenvalue weighted by Crippen LogP contribution is -2.05. The van der Waals surface area contributed by atoms with Crippen LogP contribution in [0.3, 0.4) is 0 Å². The van der Waals surface area contributed by atoms with E-state index in [4.69, 9.17) is 9.47 Å². The molecule has 3 rings (SSSR count). The molecule has 3 aromatic rings. The molecule has 4 heteroatoms. The van der Waals surface area contributed by atoms with Crippen LogP contribution in [0.15, 0.2) is 77.9 Å². The summed E-state index contributed by atoms with van der Waals surface area (Å²) in [5.74, 6) is 1.40. The van der Waals surface area contributed by atoms with Gasteiger partial charge < -0.3 is 14.9 Å². The zero-order valence-electron chi connectivity index (χ0n) is 15.7. The molecule has 138 valence electrons. The Morgan fingerprint density at radius 3 is 2.41 bits per heavy atom. The predicted octanol–water partition coefficient (Wildman–Crippen LogP) is 4.71. The van der Waals surface area contributed by atoms with Crippen LogP contribution in [0.2, 0.25) is 0 Å². The van der Waals surface area contributed by atoms with E-state index < -0.39 is 0 Å². The summed E-state index contributed by atoms with van der Waals surface area (Å²) in [5.41, 5.74) is 7.54. The van der Waals surface area contributed by atoms with E-state index in [1.165, 1.54) is 11.1 Å². The van der Waals surface area contributed by atoms with Crippen LogP contribution in [0.4, 0.5) is 0 Å². The van der Waals surface area contributed by atoms with Gasteiger partial charge in [0, 0.05) is 0 Å². The van der Waals surface area contributed by atoms with Crippen molar-refractivity contribution >= 4 is 6.21 Å². The molecule has 0 bridgehead atoms. The number of methoxy groups -OCH3 is 1. The summed E-state index contributed by atoms with van der Waals surface area (Å²) in [6.07, 6.45) is 1.78. The third kappa shape index (κ3) is 5.61. The Morgan fingerprint density at radius 2 is 1.67 bits per heavy atom. The van der Waals surface area contributed by atoms with Gasteiger partial charge in [0.25, 0.3) is 0 Å². The minimum Gasteiger partial charge on any atom is -0.493 e. The van der Waals surface area contributed by atoms with E-state index >= 15 is 0 Å². The van der Waals surface area contributed by atoms with Crippen LogP contribution in [0, 0.1) is 6.92 Å². The lowest BCUT2D eigenvalue weighted by atomic mass is 10.1. The number of hydrazone groups is 1. The summed E-state index contributed by atoms with van der Waals surface area (Å²) in [5, 5.41) is 4.29. The normalized spacial score (nSPS) is 10.7. The Labute approximate surface area is 160 Å². The molecule has 0 aromatic heterocycles. The van der Waals surface area contributed by atoms with Crippen molar-refractivity contribution in [1.29, 1.82) is 0 Å². The first-order valence-electron chi connectivity index (χ1n) is 8.91. The maximum absolute atomic E-state index is 5.96. The van der Waals surface area contributed by atoms with Gasteiger partial charge in [-0.1, -0.05) is 60.2 Å². The van der Waals surface area contributed by atoms with Crippen molar-refractivity contribution in [3.8, 4) is 11.5 Å². The fraction of sp³-hybridized carbons (Fsp3) is 0.174. The average molecular weight is 360 g/mol. The van der Waals surface area contributed by atoms with Crippen molar-refractivity contribution in [1.82, 2.24) is 5.43 Å². The van der Waals surface area contributed by atoms with Gasteiger partial charge in [-0.25, -0.2) is 0 Å². The van der Waals surface area contributed by atoms with Gasteiger partial charge in [0.15, 0.2) is 11.5 Å². The Balaban J connectivity index is 1.61. The molecule has 0 aliphatic heterocycles. The van der Waals surface area contributed by atoms with E-state index in [1.54, 1.807) is 13.3 Å². The highest BCUT2D eigenvalue weighted by molar-refractivity contribution is 5.80. The van der Waals surface area contributed by atoms with E-state index in [1.807, 2.05) is 36.4 Å². The van der Waals surface area contributed by atoms with Crippen LogP contribution >= 0.6 is 0 Å². The first kappa shape index (κ1) is 18.5. The molecule has 0 saturated heterocycles. The van der Waals surface area contributed by atoms with E-state index in [0.717, 1.165) is 11.1 Å². The Hall–Kier alpha value is -3.27. The van der Waals surface area contributed by atoms with Gasteiger partial charge in [-0.3, -0.25) is 0 Å². The minimum atomic E-state index is 0.490. The minimum absolute atomic E-state index is 0.490. The lowest BCUT2D eigenvalue weighted by molar-refractivity contribution is 0.284. The maximum Gasteiger partial charge on any atom is 0.162 e. The molecule has 0 atom stereocenters. The van der Waals surface area contributed by atoms with Crippen LogP contribution in [-0.4, -0.2) is 13.3 Å². The fourth-order valence-corrected chi connectivity index (χ4v) is 2.58. The smallest absolute Gasteiger partial charge is 0.162 e. The standard InChI is InChI=1S/C23H24N2O2/c1-18-8-10-20(11-9-18)17-27-23-14-21(12-13-22(23)26-2)16-25-24-15-19-6-4-3-5-7-19/h3-14,16,24H,15,17H2,1-2H3. The Kier molecular flexibility index (Phi) is 6.47. The molecule has 0 radical (unpaired) electrons. The number of benzene rings is 3. The van der Waals surface area contributed by atoms with Crippen molar-refractivity contribution in [3.05, 3.63) is 95.1 Å². The number of rotatable bonds is 8. The van der Waals surface area contributed by atoms with Gasteiger partial charge >= 0.3 is 0 Å². The van der Waals surface area contributed by atoms with Crippen LogP contribution < -0.4 is 14.9 Å². The topological polar surface area (TPSA) is 42.8 Å². The lowest BCUT2D eigenvalue weighted by Gasteiger charge is -2.11. The quantitative estimate of drug-likeness (QED) is 0.467. The Morgan fingerprint density at radius 1 is 0.889 bits per heavy atom. The van der Waals surface area contributed by atoms with Crippen molar-refractivity contribution in [2.45, 2.75) is 20.1 Å². The predicted molar refractivity (Wildman–Crippen MR) is 109 cm³/mol. The number of nitrogens with one attached hydrogen (secondary N) is 1. The number of hydrogen-bond acceptors (Lipinski definition) is 4. The molecule has 3 aromatic carbocycles. The first-order chi connectivity index (χ1) is 13.2. The monoisotopic (exact) mass is 360 g/mol. The van der Waals surface area contributed by atoms with Crippen LogP contribution in [-0.2, 0) is 13.2 Å². The van der Waals surface area contributed by atoms with Crippen molar-refractivity contribution in [3.63, 3.8) is 0 Å². The third-order valence-electron chi connectivity index (χ3n) is 4.13. The largest absolute Gasteiger partial charge is 0.493 e. The Bertz CT molecular complexity index is 875. The second-order valence-electron chi connectivity index (χ2n) is 6.26. The van der Waals surface area contributed by atoms with Crippen LogP contribution in [0.25, 0.3) is 0 Å². The SMILES string of the molecule is COc1ccc(C=NNCc2ccccc2)cc1OCc1ccc(C)cc1. The van der Waals surface area contributed by atoms with Crippen molar-refractivity contribution in [2.75, 3.05) is 7.11 Å². The van der Waals surface area contributed by atoms with E-state index in [2.05, 4.69) is 53.8 Å². The van der Waals surface area contributed by atoms with Gasteiger partial charge in [-0.05, 0) is 41.8 Å². The molecule has 0 unspecified atom stereocenters. The fourth-order valence-electron chi connectivity index (χ4n) is 2.58. The number of hydrogen-bond donors (Lipinski definition) is 1. The van der Waals surface area contributed by atoms with E-state index in [-0.39, 0.29) is 0 Å². The third-order valence-corrected chi connectivity index (χ3v) is 4.13. The van der Waals surface area contributed by atoms with Crippen LogP contribution in [0.5, 0.6) is 11.5 Å². The molecule has 0 heterocycles. The summed E-state index contributed by atoms with van der Waals surface area (Å²) in [6.45, 7) is 3.25. The molecule has 0 saturated carbocycles. The van der Waals surface area contributed by atoms with Gasteiger partial charge in [-0.15, -0.1) is 0 Å². The van der Waals surface area contributed by atoms with E-state index in [9.17, 15) is 0 Å². The highest BCUT2D eigenvalue weighted by Crippen LogP contribution is 2.28. The van der Waals surface area contributed by atoms with Crippen molar-refractivity contribution in [2.24, 2.45) is 5.10 Å². The first-order valence-corrected chi connectivity index (χ1v) is 8.91. The highest BCUT2D eigenvalue weighted by Gasteiger charge is 2.06. The number of nitrogens with zero attached hydrogens (tertiary/aromatic N) is 1. The zero-order chi connectivity index (χ0) is 18.9. The second kappa shape index (κ2) is 9.43. The molecular formula is C23H24N2O2.